The van der Waals surface area contributed by atoms with Gasteiger partial charge in [-0.25, -0.2) is 0 Å². The summed E-state index contributed by atoms with van der Waals surface area (Å²) in [5.74, 6) is -3.76. The Morgan fingerprint density at radius 2 is 1.89 bits per heavy atom. The molecule has 0 aliphatic carbocycles. The first-order valence-electron chi connectivity index (χ1n) is 9.85. The van der Waals surface area contributed by atoms with E-state index in [4.69, 9.17) is 5.73 Å². The molecule has 2 heterocycles. The standard InChI is InChI=1S/C20H21N7O7.Ca/c21-20-25-16-15(18(32)26-20)27(9-28)12(8-23-16)7-22-11-3-1-10(2-4-11)17(31)24-13(19(33)34)5-6-14(29)30;/h1-4,8-9,13,22H,5-7H2,(H,24,31)(H,29,30)(H,33,34)(H4,21,23,25,26,32);/q;+2/p-2/t13-;/m0./s1. The summed E-state index contributed by atoms with van der Waals surface area (Å²) in [6.45, 7) is 0.108. The van der Waals surface area contributed by atoms with E-state index in [1.165, 1.54) is 30.5 Å². The molecule has 0 radical (unpaired) electrons. The van der Waals surface area contributed by atoms with E-state index >= 15 is 0 Å². The maximum Gasteiger partial charge on any atom is 2.00 e. The van der Waals surface area contributed by atoms with E-state index in [0.717, 1.165) is 4.90 Å². The number of nitrogens with two attached hydrogens (primary N) is 1. The Hall–Kier alpha value is -3.62. The molecule has 15 heteroatoms. The number of aromatic amines is 1. The van der Waals surface area contributed by atoms with E-state index in [1.54, 1.807) is 0 Å². The largest absolute Gasteiger partial charge is 2.00 e. The molecular formula is C20H19CaN7O7. The van der Waals surface area contributed by atoms with Crippen LogP contribution < -0.4 is 42.4 Å². The number of fused-ring (bicyclic) bond motifs is 1. The van der Waals surface area contributed by atoms with E-state index in [9.17, 15) is 34.2 Å². The van der Waals surface area contributed by atoms with Crippen LogP contribution in [0.5, 0.6) is 0 Å². The normalized spacial score (nSPS) is 12.7. The topological polar surface area (TPSA) is 225 Å². The number of anilines is 4. The van der Waals surface area contributed by atoms with Gasteiger partial charge in [0.1, 0.15) is 0 Å². The third-order valence-electron chi connectivity index (χ3n) is 4.79. The van der Waals surface area contributed by atoms with Gasteiger partial charge in [-0.05, 0) is 37.1 Å². The van der Waals surface area contributed by atoms with Crippen molar-refractivity contribution >= 4 is 85.1 Å². The van der Waals surface area contributed by atoms with Crippen LogP contribution in [-0.2, 0) is 14.4 Å². The van der Waals surface area contributed by atoms with Crippen molar-refractivity contribution in [2.75, 3.05) is 27.8 Å². The number of nitrogens with one attached hydrogen (secondary N) is 4. The van der Waals surface area contributed by atoms with Gasteiger partial charge in [0.05, 0.1) is 24.3 Å². The van der Waals surface area contributed by atoms with Gasteiger partial charge >= 0.3 is 37.7 Å². The van der Waals surface area contributed by atoms with Gasteiger partial charge in [0.15, 0.2) is 11.5 Å². The monoisotopic (exact) mass is 509 g/mol. The number of carboxylic acid groups (broad SMARTS) is 2. The zero-order valence-corrected chi connectivity index (χ0v) is 20.4. The molecule has 1 aromatic carbocycles. The number of nitrogens with zero attached hydrogens (tertiary/aromatic N) is 2. The Labute approximate surface area is 227 Å². The van der Waals surface area contributed by atoms with Crippen LogP contribution in [0.4, 0.5) is 23.1 Å². The summed E-state index contributed by atoms with van der Waals surface area (Å²) in [7, 11) is 0. The molecule has 0 spiro atoms. The minimum atomic E-state index is -1.61. The molecule has 2 amide bonds. The number of amides is 2. The van der Waals surface area contributed by atoms with Crippen molar-refractivity contribution in [2.45, 2.75) is 18.9 Å². The van der Waals surface area contributed by atoms with Crippen molar-refractivity contribution in [1.82, 2.24) is 15.3 Å². The van der Waals surface area contributed by atoms with Crippen LogP contribution in [0.2, 0.25) is 0 Å². The fourth-order valence-electron chi connectivity index (χ4n) is 3.11. The average molecular weight is 509 g/mol. The van der Waals surface area contributed by atoms with Crippen LogP contribution in [0.3, 0.4) is 0 Å². The SMILES string of the molecule is Nc1nc2c(c(=O)[nH]1)N(C=O)C(CNc1ccc(C(=O)N[C@@H](CCC(=O)[O-])C(=O)[O-])cc1)=CN2.[Ca+2]. The Kier molecular flexibility index (Phi) is 9.62. The first-order valence-corrected chi connectivity index (χ1v) is 9.85. The number of nitrogen functional groups attached to an aromatic ring is 1. The summed E-state index contributed by atoms with van der Waals surface area (Å²) in [6.07, 6.45) is 1.01. The van der Waals surface area contributed by atoms with Crippen molar-refractivity contribution in [3.63, 3.8) is 0 Å². The third kappa shape index (κ3) is 6.94. The van der Waals surface area contributed by atoms with Gasteiger partial charge in [0.2, 0.25) is 12.4 Å². The van der Waals surface area contributed by atoms with E-state index in [1.807, 2.05) is 0 Å². The number of hydrogen-bond donors (Lipinski definition) is 5. The second-order valence-electron chi connectivity index (χ2n) is 7.09. The van der Waals surface area contributed by atoms with Gasteiger partial charge in [-0.3, -0.25) is 24.3 Å². The number of carbonyl (C=O) groups excluding carboxylic acids is 4. The summed E-state index contributed by atoms with van der Waals surface area (Å²) < 4.78 is 0. The predicted molar refractivity (Wildman–Crippen MR) is 121 cm³/mol. The minimum absolute atomic E-state index is 0. The molecule has 0 bridgehead atoms. The van der Waals surface area contributed by atoms with Crippen LogP contribution in [0.25, 0.3) is 0 Å². The van der Waals surface area contributed by atoms with E-state index in [0.29, 0.717) is 17.8 Å². The fourth-order valence-corrected chi connectivity index (χ4v) is 3.11. The predicted octanol–water partition coefficient (Wildman–Crippen LogP) is -3.31. The van der Waals surface area contributed by atoms with E-state index in [2.05, 4.69) is 25.9 Å². The van der Waals surface area contributed by atoms with Crippen molar-refractivity contribution in [1.29, 1.82) is 0 Å². The van der Waals surface area contributed by atoms with Crippen LogP contribution >= 0.6 is 0 Å². The van der Waals surface area contributed by atoms with Gasteiger partial charge < -0.3 is 41.5 Å². The molecule has 35 heavy (non-hydrogen) atoms. The second kappa shape index (κ2) is 12.2. The maximum absolute atomic E-state index is 12.3. The molecule has 1 aliphatic heterocycles. The minimum Gasteiger partial charge on any atom is -0.550 e. The van der Waals surface area contributed by atoms with Gasteiger partial charge in [-0.2, -0.15) is 4.98 Å². The fraction of sp³-hybridized carbons (Fsp3) is 0.200. The quantitative estimate of drug-likeness (QED) is 0.157. The molecule has 3 rings (SSSR count). The maximum atomic E-state index is 12.3. The molecule has 6 N–H and O–H groups in total. The molecule has 14 nitrogen and oxygen atoms in total. The van der Waals surface area contributed by atoms with Crippen LogP contribution in [0, 0.1) is 0 Å². The number of rotatable bonds is 10. The molecule has 0 saturated carbocycles. The third-order valence-corrected chi connectivity index (χ3v) is 4.79. The summed E-state index contributed by atoms with van der Waals surface area (Å²) in [5.41, 5.74) is 5.96. The molecular weight excluding hydrogens is 490 g/mol. The zero-order valence-electron chi connectivity index (χ0n) is 18.2. The number of carbonyl (C=O) groups is 4. The van der Waals surface area contributed by atoms with Gasteiger partial charge in [0.25, 0.3) is 11.5 Å². The number of hydrogen-bond acceptors (Lipinski definition) is 11. The molecule has 1 aromatic heterocycles. The zero-order chi connectivity index (χ0) is 24.8. The Morgan fingerprint density at radius 1 is 1.20 bits per heavy atom. The second-order valence-corrected chi connectivity index (χ2v) is 7.09. The van der Waals surface area contributed by atoms with Gasteiger partial charge in [0, 0.05) is 23.4 Å². The molecule has 0 fully saturated rings. The molecule has 178 valence electrons. The van der Waals surface area contributed by atoms with E-state index in [-0.39, 0.29) is 73.7 Å². The Balaban J connectivity index is 0.00000432. The average Bonchev–Trinajstić information content (AvgIpc) is 2.79. The molecule has 1 aliphatic rings. The number of H-pyrrole nitrogens is 1. The summed E-state index contributed by atoms with van der Waals surface area (Å²) in [6, 6.07) is 4.42. The number of aliphatic carboxylic acids is 2. The van der Waals surface area contributed by atoms with Gasteiger partial charge in [-0.15, -0.1) is 0 Å². The Bertz CT molecular complexity index is 1210. The number of benzene rings is 1. The molecule has 2 aromatic rings. The first kappa shape index (κ1) is 27.6. The van der Waals surface area contributed by atoms with Crippen molar-refractivity contribution < 1.29 is 29.4 Å². The van der Waals surface area contributed by atoms with Crippen molar-refractivity contribution in [3.8, 4) is 0 Å². The van der Waals surface area contributed by atoms with Crippen LogP contribution in [-0.4, -0.2) is 84.5 Å². The van der Waals surface area contributed by atoms with Gasteiger partial charge in [-0.1, -0.05) is 0 Å². The molecule has 0 saturated heterocycles. The van der Waals surface area contributed by atoms with Crippen molar-refractivity contribution in [2.24, 2.45) is 0 Å². The van der Waals surface area contributed by atoms with Crippen LogP contribution in [0.15, 0.2) is 41.0 Å². The number of aromatic nitrogens is 2. The smallest absolute Gasteiger partial charge is 0.550 e. The molecule has 1 atom stereocenters. The summed E-state index contributed by atoms with van der Waals surface area (Å²) in [4.78, 5) is 65.1. The Morgan fingerprint density at radius 3 is 2.49 bits per heavy atom. The van der Waals surface area contributed by atoms with E-state index < -0.39 is 35.9 Å². The summed E-state index contributed by atoms with van der Waals surface area (Å²) in [5, 5.41) is 29.7. The summed E-state index contributed by atoms with van der Waals surface area (Å²) >= 11 is 0. The first-order chi connectivity index (χ1) is 16.2. The molecule has 0 unspecified atom stereocenters. The van der Waals surface area contributed by atoms with Crippen molar-refractivity contribution in [3.05, 3.63) is 52.1 Å². The van der Waals surface area contributed by atoms with Crippen LogP contribution in [0.1, 0.15) is 23.2 Å². The number of carboxylic acids is 2.